The summed E-state index contributed by atoms with van der Waals surface area (Å²) in [6.07, 6.45) is 2.46. The van der Waals surface area contributed by atoms with Crippen molar-refractivity contribution in [2.45, 2.75) is 26.4 Å². The van der Waals surface area contributed by atoms with Crippen LogP contribution in [-0.4, -0.2) is 36.0 Å². The number of halogens is 2. The summed E-state index contributed by atoms with van der Waals surface area (Å²) in [5.41, 5.74) is 2.98. The van der Waals surface area contributed by atoms with Crippen LogP contribution in [0, 0.1) is 6.92 Å². The van der Waals surface area contributed by atoms with E-state index in [1.165, 1.54) is 10.9 Å². The van der Waals surface area contributed by atoms with Gasteiger partial charge in [-0.25, -0.2) is 18.4 Å². The Labute approximate surface area is 153 Å². The number of alkyl halides is 2. The lowest BCUT2D eigenvalue weighted by molar-refractivity contribution is 0.121. The van der Waals surface area contributed by atoms with E-state index in [1.807, 2.05) is 30.3 Å². The highest BCUT2D eigenvalue weighted by molar-refractivity contribution is 5.75. The van der Waals surface area contributed by atoms with Gasteiger partial charge in [-0.15, -0.1) is 0 Å². The van der Waals surface area contributed by atoms with Crippen molar-refractivity contribution in [3.8, 4) is 0 Å². The van der Waals surface area contributed by atoms with Gasteiger partial charge in [0.15, 0.2) is 5.65 Å². The third kappa shape index (κ3) is 3.76. The monoisotopic (exact) mass is 369 g/mol. The highest BCUT2D eigenvalue weighted by Crippen LogP contribution is 2.20. The van der Waals surface area contributed by atoms with Gasteiger partial charge in [0.25, 0.3) is 6.43 Å². The van der Waals surface area contributed by atoms with Gasteiger partial charge in [-0.2, -0.15) is 15.2 Å². The number of rotatable bonds is 6. The summed E-state index contributed by atoms with van der Waals surface area (Å²) in [6, 6.07) is 9.96. The second-order valence-electron chi connectivity index (χ2n) is 6.13. The molecule has 0 aliphatic rings. The Bertz CT molecular complexity index is 1060. The average molecular weight is 369 g/mol. The van der Waals surface area contributed by atoms with Crippen molar-refractivity contribution in [3.63, 3.8) is 0 Å². The van der Waals surface area contributed by atoms with Crippen molar-refractivity contribution in [3.05, 3.63) is 60.2 Å². The molecule has 0 spiro atoms. The van der Waals surface area contributed by atoms with Crippen LogP contribution in [0.4, 0.5) is 20.4 Å². The largest absolute Gasteiger partial charge is 0.321 e. The lowest BCUT2D eigenvalue weighted by atomic mass is 10.2. The summed E-state index contributed by atoms with van der Waals surface area (Å²) >= 11 is 0. The smallest absolute Gasteiger partial charge is 0.257 e. The lowest BCUT2D eigenvalue weighted by Crippen LogP contribution is -2.06. The molecule has 9 heteroatoms. The summed E-state index contributed by atoms with van der Waals surface area (Å²) < 4.78 is 28.1. The van der Waals surface area contributed by atoms with Gasteiger partial charge in [-0.3, -0.25) is 4.68 Å². The van der Waals surface area contributed by atoms with E-state index in [0.717, 1.165) is 10.9 Å². The molecular formula is C18H17F2N7. The summed E-state index contributed by atoms with van der Waals surface area (Å²) in [5, 5.41) is 12.3. The van der Waals surface area contributed by atoms with Gasteiger partial charge in [0, 0.05) is 12.4 Å². The molecule has 27 heavy (non-hydrogen) atoms. The molecule has 0 amide bonds. The number of nitrogens with zero attached hydrogens (tertiary/aromatic N) is 6. The zero-order chi connectivity index (χ0) is 18.8. The van der Waals surface area contributed by atoms with E-state index in [4.69, 9.17) is 0 Å². The Morgan fingerprint density at radius 3 is 2.74 bits per heavy atom. The SMILES string of the molecule is Cc1nn(CC(F)F)cc1Nc1ncc2cnn(Cc3ccccc3)c2n1. The molecule has 4 rings (SSSR count). The highest BCUT2D eigenvalue weighted by atomic mass is 19.3. The molecule has 0 saturated carbocycles. The molecule has 0 aliphatic carbocycles. The molecule has 0 unspecified atom stereocenters. The molecule has 3 heterocycles. The number of benzene rings is 1. The fourth-order valence-corrected chi connectivity index (χ4v) is 2.79. The van der Waals surface area contributed by atoms with Crippen molar-refractivity contribution in [2.75, 3.05) is 5.32 Å². The van der Waals surface area contributed by atoms with Crippen LogP contribution < -0.4 is 5.32 Å². The Morgan fingerprint density at radius 1 is 1.15 bits per heavy atom. The standard InChI is InChI=1S/C18H17F2N7/c1-12-15(10-26(25-12)11-16(19)20)23-18-21-7-14-8-22-27(17(14)24-18)9-13-5-3-2-4-6-13/h2-8,10,16H,9,11H2,1H3,(H,21,23,24). The van der Waals surface area contributed by atoms with Crippen molar-refractivity contribution in [2.24, 2.45) is 0 Å². The topological polar surface area (TPSA) is 73.5 Å². The first-order valence-corrected chi connectivity index (χ1v) is 8.40. The second-order valence-corrected chi connectivity index (χ2v) is 6.13. The van der Waals surface area contributed by atoms with Gasteiger partial charge in [0.05, 0.1) is 29.5 Å². The fraction of sp³-hybridized carbons (Fsp3) is 0.222. The van der Waals surface area contributed by atoms with Crippen LogP contribution in [-0.2, 0) is 13.1 Å². The maximum absolute atomic E-state index is 12.5. The molecule has 1 aromatic carbocycles. The minimum absolute atomic E-state index is 0.358. The number of nitrogens with one attached hydrogen (secondary N) is 1. The van der Waals surface area contributed by atoms with Gasteiger partial charge < -0.3 is 5.32 Å². The summed E-state index contributed by atoms with van der Waals surface area (Å²) in [7, 11) is 0. The third-order valence-corrected chi connectivity index (χ3v) is 4.07. The minimum atomic E-state index is -2.46. The molecule has 0 atom stereocenters. The molecule has 4 aromatic rings. The molecule has 0 fully saturated rings. The molecule has 0 aliphatic heterocycles. The summed E-state index contributed by atoms with van der Waals surface area (Å²) in [4.78, 5) is 8.80. The van der Waals surface area contributed by atoms with E-state index >= 15 is 0 Å². The number of hydrogen-bond acceptors (Lipinski definition) is 5. The zero-order valence-corrected chi connectivity index (χ0v) is 14.5. The average Bonchev–Trinajstić information content (AvgIpc) is 3.19. The molecule has 138 valence electrons. The van der Waals surface area contributed by atoms with Gasteiger partial charge in [0.1, 0.15) is 6.54 Å². The van der Waals surface area contributed by atoms with Crippen LogP contribution in [0.2, 0.25) is 0 Å². The van der Waals surface area contributed by atoms with Gasteiger partial charge >= 0.3 is 0 Å². The lowest BCUT2D eigenvalue weighted by Gasteiger charge is -2.05. The Morgan fingerprint density at radius 2 is 1.96 bits per heavy atom. The number of aromatic nitrogens is 6. The molecule has 1 N–H and O–H groups in total. The Balaban J connectivity index is 1.60. The van der Waals surface area contributed by atoms with Crippen LogP contribution in [0.25, 0.3) is 11.0 Å². The molecule has 0 bridgehead atoms. The van der Waals surface area contributed by atoms with Crippen molar-refractivity contribution in [1.82, 2.24) is 29.5 Å². The van der Waals surface area contributed by atoms with E-state index in [0.29, 0.717) is 29.5 Å². The third-order valence-electron chi connectivity index (χ3n) is 4.07. The van der Waals surface area contributed by atoms with E-state index in [9.17, 15) is 8.78 Å². The Hall–Kier alpha value is -3.36. The molecule has 7 nitrogen and oxygen atoms in total. The molecule has 0 saturated heterocycles. The zero-order valence-electron chi connectivity index (χ0n) is 14.5. The van der Waals surface area contributed by atoms with Crippen LogP contribution >= 0.6 is 0 Å². The van der Waals surface area contributed by atoms with Crippen LogP contribution in [0.15, 0.2) is 48.9 Å². The van der Waals surface area contributed by atoms with E-state index in [2.05, 4.69) is 25.5 Å². The fourth-order valence-electron chi connectivity index (χ4n) is 2.79. The quantitative estimate of drug-likeness (QED) is 0.564. The number of anilines is 2. The van der Waals surface area contributed by atoms with Crippen LogP contribution in [0.1, 0.15) is 11.3 Å². The van der Waals surface area contributed by atoms with Crippen LogP contribution in [0.5, 0.6) is 0 Å². The predicted octanol–water partition coefficient (Wildman–Crippen LogP) is 3.39. The maximum atomic E-state index is 12.5. The summed E-state index contributed by atoms with van der Waals surface area (Å²) in [5.74, 6) is 0.358. The predicted molar refractivity (Wildman–Crippen MR) is 97.1 cm³/mol. The number of aryl methyl sites for hydroxylation is 1. The van der Waals surface area contributed by atoms with Gasteiger partial charge in [-0.1, -0.05) is 30.3 Å². The number of hydrogen-bond donors (Lipinski definition) is 1. The van der Waals surface area contributed by atoms with E-state index < -0.39 is 13.0 Å². The van der Waals surface area contributed by atoms with Crippen molar-refractivity contribution < 1.29 is 8.78 Å². The minimum Gasteiger partial charge on any atom is -0.321 e. The first-order valence-electron chi connectivity index (χ1n) is 8.40. The maximum Gasteiger partial charge on any atom is 0.257 e. The second kappa shape index (κ2) is 7.10. The van der Waals surface area contributed by atoms with E-state index in [-0.39, 0.29) is 0 Å². The van der Waals surface area contributed by atoms with E-state index in [1.54, 1.807) is 24.0 Å². The first kappa shape index (κ1) is 17.1. The number of fused-ring (bicyclic) bond motifs is 1. The normalized spacial score (nSPS) is 11.4. The molecular weight excluding hydrogens is 352 g/mol. The van der Waals surface area contributed by atoms with Crippen LogP contribution in [0.3, 0.4) is 0 Å². The molecule has 0 radical (unpaired) electrons. The molecule has 3 aromatic heterocycles. The highest BCUT2D eigenvalue weighted by Gasteiger charge is 2.12. The van der Waals surface area contributed by atoms with Gasteiger partial charge in [-0.05, 0) is 12.5 Å². The van der Waals surface area contributed by atoms with Gasteiger partial charge in [0.2, 0.25) is 5.95 Å². The first-order chi connectivity index (χ1) is 13.1. The Kier molecular flexibility index (Phi) is 4.49. The van der Waals surface area contributed by atoms with Crippen molar-refractivity contribution in [1.29, 1.82) is 0 Å². The summed E-state index contributed by atoms with van der Waals surface area (Å²) in [6.45, 7) is 1.88. The van der Waals surface area contributed by atoms with Crippen molar-refractivity contribution >= 4 is 22.7 Å².